The molecule has 0 fully saturated rings. The zero-order valence-corrected chi connectivity index (χ0v) is 18.7. The third kappa shape index (κ3) is 7.37. The number of carboxylic acids is 1. The molecular formula is C23H34N2O5. The van der Waals surface area contributed by atoms with E-state index in [2.05, 4.69) is 9.88 Å². The number of H-pyrrole nitrogens is 1. The van der Waals surface area contributed by atoms with Crippen molar-refractivity contribution < 1.29 is 24.2 Å². The molecule has 2 N–H and O–H groups in total. The maximum atomic E-state index is 12.7. The van der Waals surface area contributed by atoms with Gasteiger partial charge in [-0.25, -0.2) is 0 Å². The molecule has 0 aliphatic rings. The highest BCUT2D eigenvalue weighted by molar-refractivity contribution is 5.89. The number of carbonyl (C=O) groups excluding carboxylic acids is 1. The molecule has 2 rings (SSSR count). The average Bonchev–Trinajstić information content (AvgIpc) is 3.04. The molecule has 0 spiro atoms. The number of esters is 1. The number of nitrogens with one attached hydrogen (secondary N) is 1. The van der Waals surface area contributed by atoms with Crippen LogP contribution < -0.4 is 4.74 Å². The number of ether oxygens (including phenoxy) is 2. The SMILES string of the molecule is CN(C)CCc1c[nH]c2cccc(OCC(CCCC(=O)O)C(=O)OC(C)(C)C)c12. The summed E-state index contributed by atoms with van der Waals surface area (Å²) >= 11 is 0. The quantitative estimate of drug-likeness (QED) is 0.539. The second kappa shape index (κ2) is 10.5. The van der Waals surface area contributed by atoms with Crippen molar-refractivity contribution in [1.29, 1.82) is 0 Å². The van der Waals surface area contributed by atoms with Gasteiger partial charge in [-0.1, -0.05) is 6.07 Å². The van der Waals surface area contributed by atoms with Crippen LogP contribution in [0.2, 0.25) is 0 Å². The van der Waals surface area contributed by atoms with Gasteiger partial charge >= 0.3 is 11.9 Å². The predicted octanol–water partition coefficient (Wildman–Crippen LogP) is 3.86. The summed E-state index contributed by atoms with van der Waals surface area (Å²) in [5.41, 5.74) is 1.54. The van der Waals surface area contributed by atoms with E-state index in [4.69, 9.17) is 14.6 Å². The van der Waals surface area contributed by atoms with E-state index in [9.17, 15) is 9.59 Å². The van der Waals surface area contributed by atoms with Gasteiger partial charge in [-0.2, -0.15) is 0 Å². The minimum Gasteiger partial charge on any atom is -0.492 e. The van der Waals surface area contributed by atoms with E-state index in [-0.39, 0.29) is 19.0 Å². The van der Waals surface area contributed by atoms with Crippen LogP contribution in [0.15, 0.2) is 24.4 Å². The Hall–Kier alpha value is -2.54. The van der Waals surface area contributed by atoms with Crippen LogP contribution in [0.5, 0.6) is 5.75 Å². The van der Waals surface area contributed by atoms with Gasteiger partial charge in [0.05, 0.1) is 5.92 Å². The van der Waals surface area contributed by atoms with Gasteiger partial charge in [0, 0.05) is 30.1 Å². The van der Waals surface area contributed by atoms with E-state index in [1.54, 1.807) is 0 Å². The molecule has 30 heavy (non-hydrogen) atoms. The van der Waals surface area contributed by atoms with Crippen molar-refractivity contribution >= 4 is 22.8 Å². The van der Waals surface area contributed by atoms with Crippen molar-refractivity contribution in [3.05, 3.63) is 30.0 Å². The molecule has 1 unspecified atom stereocenters. The Morgan fingerprint density at radius 1 is 1.23 bits per heavy atom. The summed E-state index contributed by atoms with van der Waals surface area (Å²) in [6.45, 7) is 6.51. The van der Waals surface area contributed by atoms with Crippen molar-refractivity contribution in [2.75, 3.05) is 27.2 Å². The van der Waals surface area contributed by atoms with Crippen LogP contribution in [-0.4, -0.2) is 59.8 Å². The summed E-state index contributed by atoms with van der Waals surface area (Å²) < 4.78 is 11.6. The highest BCUT2D eigenvalue weighted by Crippen LogP contribution is 2.30. The van der Waals surface area contributed by atoms with Gasteiger partial charge in [-0.3, -0.25) is 9.59 Å². The third-order valence-electron chi connectivity index (χ3n) is 4.70. The molecule has 0 saturated carbocycles. The first-order valence-corrected chi connectivity index (χ1v) is 10.4. The summed E-state index contributed by atoms with van der Waals surface area (Å²) in [6, 6.07) is 5.81. The van der Waals surface area contributed by atoms with Crippen LogP contribution in [0.1, 0.15) is 45.6 Å². The molecule has 0 bridgehead atoms. The summed E-state index contributed by atoms with van der Waals surface area (Å²) in [7, 11) is 4.07. The van der Waals surface area contributed by atoms with Gasteiger partial charge in [-0.15, -0.1) is 0 Å². The summed E-state index contributed by atoms with van der Waals surface area (Å²) in [4.78, 5) is 28.9. The third-order valence-corrected chi connectivity index (χ3v) is 4.70. The van der Waals surface area contributed by atoms with E-state index >= 15 is 0 Å². The zero-order chi connectivity index (χ0) is 22.3. The first-order chi connectivity index (χ1) is 14.1. The fraction of sp³-hybridized carbons (Fsp3) is 0.565. The van der Waals surface area contributed by atoms with E-state index in [1.165, 1.54) is 0 Å². The largest absolute Gasteiger partial charge is 0.492 e. The standard InChI is InChI=1S/C23H34N2O5/c1-23(2,3)30-22(28)17(8-6-11-20(26)27)15-29-19-10-7-9-18-21(19)16(14-24-18)12-13-25(4)5/h7,9-10,14,17,24H,6,8,11-13,15H2,1-5H3,(H,26,27). The fourth-order valence-corrected chi connectivity index (χ4v) is 3.23. The van der Waals surface area contributed by atoms with Crippen molar-refractivity contribution in [2.24, 2.45) is 5.92 Å². The van der Waals surface area contributed by atoms with Gasteiger partial charge in [0.1, 0.15) is 18.0 Å². The summed E-state index contributed by atoms with van der Waals surface area (Å²) in [5.74, 6) is -1.04. The first kappa shape index (κ1) is 23.7. The van der Waals surface area contributed by atoms with Crippen molar-refractivity contribution in [3.8, 4) is 5.75 Å². The number of aromatic amines is 1. The second-order valence-corrected chi connectivity index (χ2v) is 8.87. The number of hydrogen-bond acceptors (Lipinski definition) is 5. The number of carboxylic acid groups (broad SMARTS) is 1. The maximum Gasteiger partial charge on any atom is 0.312 e. The number of aromatic nitrogens is 1. The van der Waals surface area contributed by atoms with E-state index in [0.29, 0.717) is 18.6 Å². The van der Waals surface area contributed by atoms with Crippen molar-refractivity contribution in [1.82, 2.24) is 9.88 Å². The number of fused-ring (bicyclic) bond motifs is 1. The number of nitrogens with zero attached hydrogens (tertiary/aromatic N) is 1. The number of aliphatic carboxylic acids is 1. The van der Waals surface area contributed by atoms with Crippen LogP contribution in [0.4, 0.5) is 0 Å². The number of carbonyl (C=O) groups is 2. The van der Waals surface area contributed by atoms with E-state index in [0.717, 1.165) is 29.4 Å². The van der Waals surface area contributed by atoms with Crippen LogP contribution >= 0.6 is 0 Å². The topological polar surface area (TPSA) is 91.9 Å². The zero-order valence-electron chi connectivity index (χ0n) is 18.7. The molecule has 7 nitrogen and oxygen atoms in total. The summed E-state index contributed by atoms with van der Waals surface area (Å²) in [6.07, 6.45) is 3.69. The Balaban J connectivity index is 2.16. The van der Waals surface area contributed by atoms with Gasteiger partial charge in [0.25, 0.3) is 0 Å². The molecule has 2 aromatic rings. The van der Waals surface area contributed by atoms with Crippen LogP contribution in [-0.2, 0) is 20.7 Å². The Labute approximate surface area is 178 Å². The molecule has 1 atom stereocenters. The summed E-state index contributed by atoms with van der Waals surface area (Å²) in [5, 5.41) is 9.94. The second-order valence-electron chi connectivity index (χ2n) is 8.87. The van der Waals surface area contributed by atoms with Crippen molar-refractivity contribution in [3.63, 3.8) is 0 Å². The average molecular weight is 419 g/mol. The number of hydrogen-bond donors (Lipinski definition) is 2. The minimum absolute atomic E-state index is 0.0153. The number of likely N-dealkylation sites (N-methyl/N-ethyl adjacent to an activating group) is 1. The smallest absolute Gasteiger partial charge is 0.312 e. The highest BCUT2D eigenvalue weighted by atomic mass is 16.6. The van der Waals surface area contributed by atoms with E-state index in [1.807, 2.05) is 59.3 Å². The molecule has 0 amide bonds. The number of benzene rings is 1. The van der Waals surface area contributed by atoms with Gasteiger partial charge in [-0.05, 0) is 71.8 Å². The molecule has 1 aromatic carbocycles. The molecular weight excluding hydrogens is 384 g/mol. The maximum absolute atomic E-state index is 12.7. The predicted molar refractivity (Wildman–Crippen MR) is 117 cm³/mol. The molecule has 0 saturated heterocycles. The fourth-order valence-electron chi connectivity index (χ4n) is 3.23. The minimum atomic E-state index is -0.874. The highest BCUT2D eigenvalue weighted by Gasteiger charge is 2.26. The molecule has 166 valence electrons. The van der Waals surface area contributed by atoms with Crippen molar-refractivity contribution in [2.45, 2.75) is 52.1 Å². The molecule has 1 aromatic heterocycles. The molecule has 0 aliphatic carbocycles. The molecule has 0 aliphatic heterocycles. The normalized spacial score (nSPS) is 12.9. The van der Waals surface area contributed by atoms with Gasteiger partial charge < -0.3 is 24.5 Å². The lowest BCUT2D eigenvalue weighted by atomic mass is 10.0. The molecule has 0 radical (unpaired) electrons. The van der Waals surface area contributed by atoms with Crippen LogP contribution in [0.25, 0.3) is 10.9 Å². The number of rotatable bonds is 11. The van der Waals surface area contributed by atoms with E-state index < -0.39 is 17.5 Å². The lowest BCUT2D eigenvalue weighted by Gasteiger charge is -2.24. The van der Waals surface area contributed by atoms with Crippen LogP contribution in [0.3, 0.4) is 0 Å². The Kier molecular flexibility index (Phi) is 8.29. The monoisotopic (exact) mass is 418 g/mol. The first-order valence-electron chi connectivity index (χ1n) is 10.4. The Bertz CT molecular complexity index is 851. The molecule has 7 heteroatoms. The molecule has 1 heterocycles. The van der Waals surface area contributed by atoms with Crippen LogP contribution in [0, 0.1) is 5.92 Å². The lowest BCUT2D eigenvalue weighted by molar-refractivity contribution is -0.161. The Morgan fingerprint density at radius 3 is 2.60 bits per heavy atom. The Morgan fingerprint density at radius 2 is 1.97 bits per heavy atom. The van der Waals surface area contributed by atoms with Gasteiger partial charge in [0.2, 0.25) is 0 Å². The van der Waals surface area contributed by atoms with Gasteiger partial charge in [0.15, 0.2) is 0 Å². The lowest BCUT2D eigenvalue weighted by Crippen LogP contribution is -2.31.